The van der Waals surface area contributed by atoms with E-state index in [1.165, 1.54) is 10.5 Å². The lowest BCUT2D eigenvalue weighted by Gasteiger charge is -2.18. The van der Waals surface area contributed by atoms with Crippen molar-refractivity contribution in [2.75, 3.05) is 12.3 Å². The number of rotatable bonds is 6. The molecular formula is C13H21NOS. The Labute approximate surface area is 102 Å². The van der Waals surface area contributed by atoms with Gasteiger partial charge in [0.15, 0.2) is 0 Å². The Morgan fingerprint density at radius 1 is 1.31 bits per heavy atom. The molecule has 0 bridgehead atoms. The van der Waals surface area contributed by atoms with E-state index in [2.05, 4.69) is 43.4 Å². The minimum atomic E-state index is -0.298. The Bertz CT molecular complexity index is 315. The molecular weight excluding hydrogens is 218 g/mol. The fourth-order valence-corrected chi connectivity index (χ4v) is 2.48. The number of nitrogens with one attached hydrogen (secondary N) is 1. The molecule has 90 valence electrons. The van der Waals surface area contributed by atoms with Crippen molar-refractivity contribution in [3.8, 4) is 0 Å². The van der Waals surface area contributed by atoms with E-state index < -0.39 is 0 Å². The number of thioether (sulfide) groups is 1. The zero-order valence-electron chi connectivity index (χ0n) is 10.2. The van der Waals surface area contributed by atoms with Gasteiger partial charge in [0.1, 0.15) is 0 Å². The SMILES string of the molecule is CCSc1ccccc1C(C)NCC(C)O. The summed E-state index contributed by atoms with van der Waals surface area (Å²) in [6.07, 6.45) is -0.298. The van der Waals surface area contributed by atoms with Crippen molar-refractivity contribution in [2.45, 2.75) is 37.8 Å². The zero-order chi connectivity index (χ0) is 12.0. The molecule has 0 radical (unpaired) electrons. The van der Waals surface area contributed by atoms with Crippen LogP contribution in [0, 0.1) is 0 Å². The zero-order valence-corrected chi connectivity index (χ0v) is 11.1. The van der Waals surface area contributed by atoms with Gasteiger partial charge >= 0.3 is 0 Å². The molecule has 2 nitrogen and oxygen atoms in total. The van der Waals surface area contributed by atoms with E-state index in [4.69, 9.17) is 0 Å². The maximum Gasteiger partial charge on any atom is 0.0636 e. The summed E-state index contributed by atoms with van der Waals surface area (Å²) in [7, 11) is 0. The van der Waals surface area contributed by atoms with E-state index in [-0.39, 0.29) is 12.1 Å². The molecule has 0 amide bonds. The van der Waals surface area contributed by atoms with Gasteiger partial charge in [0.05, 0.1) is 6.10 Å². The third kappa shape index (κ3) is 4.16. The number of benzene rings is 1. The van der Waals surface area contributed by atoms with Gasteiger partial charge in [-0.2, -0.15) is 0 Å². The average Bonchev–Trinajstić information content (AvgIpc) is 2.27. The van der Waals surface area contributed by atoms with E-state index in [1.807, 2.05) is 11.8 Å². The van der Waals surface area contributed by atoms with Crippen LogP contribution in [-0.2, 0) is 0 Å². The first-order valence-electron chi connectivity index (χ1n) is 5.78. The highest BCUT2D eigenvalue weighted by atomic mass is 32.2. The standard InChI is InChI=1S/C13H21NOS/c1-4-16-13-8-6-5-7-12(13)11(3)14-9-10(2)15/h5-8,10-11,14-15H,4,9H2,1-3H3. The van der Waals surface area contributed by atoms with Gasteiger partial charge in [0.2, 0.25) is 0 Å². The Balaban J connectivity index is 2.69. The Hall–Kier alpha value is -0.510. The van der Waals surface area contributed by atoms with E-state index >= 15 is 0 Å². The average molecular weight is 239 g/mol. The Morgan fingerprint density at radius 2 is 2.00 bits per heavy atom. The van der Waals surface area contributed by atoms with Crippen LogP contribution in [0.5, 0.6) is 0 Å². The smallest absolute Gasteiger partial charge is 0.0636 e. The van der Waals surface area contributed by atoms with Crippen LogP contribution in [0.2, 0.25) is 0 Å². The quantitative estimate of drug-likeness (QED) is 0.749. The molecule has 1 aromatic carbocycles. The number of aliphatic hydroxyl groups is 1. The molecule has 0 aromatic heterocycles. The van der Waals surface area contributed by atoms with Crippen LogP contribution in [0.3, 0.4) is 0 Å². The molecule has 1 aromatic rings. The van der Waals surface area contributed by atoms with Crippen molar-refractivity contribution in [1.29, 1.82) is 0 Å². The fraction of sp³-hybridized carbons (Fsp3) is 0.538. The minimum absolute atomic E-state index is 0.282. The largest absolute Gasteiger partial charge is 0.392 e. The van der Waals surface area contributed by atoms with Crippen LogP contribution < -0.4 is 5.32 Å². The van der Waals surface area contributed by atoms with Gasteiger partial charge < -0.3 is 10.4 Å². The molecule has 3 heteroatoms. The summed E-state index contributed by atoms with van der Waals surface area (Å²) < 4.78 is 0. The van der Waals surface area contributed by atoms with Gasteiger partial charge in [-0.25, -0.2) is 0 Å². The highest BCUT2D eigenvalue weighted by Crippen LogP contribution is 2.26. The molecule has 0 aliphatic carbocycles. The number of hydrogen-bond acceptors (Lipinski definition) is 3. The second-order valence-corrected chi connectivity index (χ2v) is 5.26. The Kier molecular flexibility index (Phi) is 5.88. The third-order valence-corrected chi connectivity index (χ3v) is 3.38. The predicted octanol–water partition coefficient (Wildman–Crippen LogP) is 2.83. The lowest BCUT2D eigenvalue weighted by atomic mass is 10.1. The van der Waals surface area contributed by atoms with Crippen molar-refractivity contribution in [1.82, 2.24) is 5.32 Å². The maximum absolute atomic E-state index is 9.25. The van der Waals surface area contributed by atoms with Crippen LogP contribution in [-0.4, -0.2) is 23.5 Å². The number of aliphatic hydroxyl groups excluding tert-OH is 1. The summed E-state index contributed by atoms with van der Waals surface area (Å²) in [5.74, 6) is 1.08. The van der Waals surface area contributed by atoms with Crippen molar-refractivity contribution in [3.05, 3.63) is 29.8 Å². The molecule has 2 N–H and O–H groups in total. The molecule has 0 saturated carbocycles. The van der Waals surface area contributed by atoms with Crippen molar-refractivity contribution >= 4 is 11.8 Å². The van der Waals surface area contributed by atoms with Crippen LogP contribution >= 0.6 is 11.8 Å². The first-order chi connectivity index (χ1) is 7.65. The molecule has 2 atom stereocenters. The first kappa shape index (κ1) is 13.6. The van der Waals surface area contributed by atoms with Gasteiger partial charge in [-0.05, 0) is 31.2 Å². The van der Waals surface area contributed by atoms with E-state index in [9.17, 15) is 5.11 Å². The molecule has 0 spiro atoms. The Morgan fingerprint density at radius 3 is 2.62 bits per heavy atom. The summed E-state index contributed by atoms with van der Waals surface area (Å²) in [5, 5.41) is 12.6. The first-order valence-corrected chi connectivity index (χ1v) is 6.76. The van der Waals surface area contributed by atoms with Crippen LogP contribution in [0.25, 0.3) is 0 Å². The van der Waals surface area contributed by atoms with Crippen molar-refractivity contribution in [3.63, 3.8) is 0 Å². The molecule has 0 saturated heterocycles. The summed E-state index contributed by atoms with van der Waals surface area (Å²) in [6.45, 7) is 6.73. The molecule has 0 heterocycles. The number of hydrogen-bond donors (Lipinski definition) is 2. The fourth-order valence-electron chi connectivity index (χ4n) is 1.58. The molecule has 2 unspecified atom stereocenters. The van der Waals surface area contributed by atoms with E-state index in [0.717, 1.165) is 5.75 Å². The summed E-state index contributed by atoms with van der Waals surface area (Å²) in [6, 6.07) is 8.73. The minimum Gasteiger partial charge on any atom is -0.392 e. The van der Waals surface area contributed by atoms with E-state index in [1.54, 1.807) is 6.92 Å². The highest BCUT2D eigenvalue weighted by Gasteiger charge is 2.10. The lowest BCUT2D eigenvalue weighted by Crippen LogP contribution is -2.27. The molecule has 1 rings (SSSR count). The molecule has 0 aliphatic heterocycles. The molecule has 0 aliphatic rings. The summed E-state index contributed by atoms with van der Waals surface area (Å²) in [5.41, 5.74) is 1.31. The van der Waals surface area contributed by atoms with Crippen LogP contribution in [0.1, 0.15) is 32.4 Å². The lowest BCUT2D eigenvalue weighted by molar-refractivity contribution is 0.187. The summed E-state index contributed by atoms with van der Waals surface area (Å²) >= 11 is 1.86. The van der Waals surface area contributed by atoms with Gasteiger partial charge in [-0.3, -0.25) is 0 Å². The predicted molar refractivity (Wildman–Crippen MR) is 70.9 cm³/mol. The van der Waals surface area contributed by atoms with Crippen LogP contribution in [0.4, 0.5) is 0 Å². The monoisotopic (exact) mass is 239 g/mol. The second-order valence-electron chi connectivity index (χ2n) is 3.95. The summed E-state index contributed by atoms with van der Waals surface area (Å²) in [4.78, 5) is 1.33. The van der Waals surface area contributed by atoms with Gasteiger partial charge in [0.25, 0.3) is 0 Å². The molecule has 16 heavy (non-hydrogen) atoms. The van der Waals surface area contributed by atoms with Gasteiger partial charge in [-0.15, -0.1) is 11.8 Å². The molecule has 0 fully saturated rings. The van der Waals surface area contributed by atoms with Gasteiger partial charge in [0, 0.05) is 17.5 Å². The third-order valence-electron chi connectivity index (χ3n) is 2.40. The van der Waals surface area contributed by atoms with Crippen LogP contribution in [0.15, 0.2) is 29.2 Å². The maximum atomic E-state index is 9.25. The highest BCUT2D eigenvalue weighted by molar-refractivity contribution is 7.99. The second kappa shape index (κ2) is 6.94. The van der Waals surface area contributed by atoms with Gasteiger partial charge in [-0.1, -0.05) is 25.1 Å². The van der Waals surface area contributed by atoms with Crippen molar-refractivity contribution < 1.29 is 5.11 Å². The normalized spacial score (nSPS) is 14.8. The topological polar surface area (TPSA) is 32.3 Å². The van der Waals surface area contributed by atoms with E-state index in [0.29, 0.717) is 6.54 Å². The van der Waals surface area contributed by atoms with Crippen molar-refractivity contribution in [2.24, 2.45) is 0 Å².